The van der Waals surface area contributed by atoms with Gasteiger partial charge in [0, 0.05) is 31.9 Å². The van der Waals surface area contributed by atoms with Crippen molar-refractivity contribution in [3.63, 3.8) is 0 Å². The monoisotopic (exact) mass is 508 g/mol. The van der Waals surface area contributed by atoms with E-state index in [1.807, 2.05) is 46.3 Å². The van der Waals surface area contributed by atoms with Crippen LogP contribution in [0.15, 0.2) is 4.99 Å². The molecule has 0 aliphatic carbocycles. The SMILES string of the molecule is CCNC(=NCCNC(=O)OC(C)(C)C)NC(C)Cc1c(C)nn(C)c1C.I. The van der Waals surface area contributed by atoms with Crippen molar-refractivity contribution in [2.75, 3.05) is 19.6 Å². The van der Waals surface area contributed by atoms with Crippen LogP contribution >= 0.6 is 24.0 Å². The van der Waals surface area contributed by atoms with Crippen LogP contribution in [0.3, 0.4) is 0 Å². The van der Waals surface area contributed by atoms with Gasteiger partial charge in [-0.1, -0.05) is 0 Å². The maximum Gasteiger partial charge on any atom is 0.407 e. The molecular weight excluding hydrogens is 471 g/mol. The van der Waals surface area contributed by atoms with E-state index in [0.717, 1.165) is 24.6 Å². The summed E-state index contributed by atoms with van der Waals surface area (Å²) in [6, 6.07) is 0.197. The van der Waals surface area contributed by atoms with Gasteiger partial charge < -0.3 is 20.7 Å². The second kappa shape index (κ2) is 12.1. The molecule has 1 heterocycles. The predicted molar refractivity (Wildman–Crippen MR) is 125 cm³/mol. The number of ether oxygens (including phenoxy) is 1. The molecule has 1 aromatic heterocycles. The second-order valence-electron chi connectivity index (χ2n) is 7.71. The van der Waals surface area contributed by atoms with E-state index in [2.05, 4.69) is 39.9 Å². The second-order valence-corrected chi connectivity index (χ2v) is 7.71. The third kappa shape index (κ3) is 9.61. The molecule has 0 aromatic carbocycles. The lowest BCUT2D eigenvalue weighted by molar-refractivity contribution is 0.0529. The quantitative estimate of drug-likeness (QED) is 0.228. The zero-order valence-corrected chi connectivity index (χ0v) is 20.8. The Morgan fingerprint density at radius 2 is 1.93 bits per heavy atom. The number of carbonyl (C=O) groups excluding carboxylic acids is 1. The third-order valence-corrected chi connectivity index (χ3v) is 3.95. The number of nitrogens with one attached hydrogen (secondary N) is 3. The van der Waals surface area contributed by atoms with Crippen LogP contribution in [-0.2, 0) is 18.2 Å². The Morgan fingerprint density at radius 3 is 2.43 bits per heavy atom. The number of amides is 1. The molecule has 0 aliphatic heterocycles. The van der Waals surface area contributed by atoms with Gasteiger partial charge in [0.15, 0.2) is 5.96 Å². The number of halogens is 1. The zero-order chi connectivity index (χ0) is 20.6. The van der Waals surface area contributed by atoms with Crippen LogP contribution in [0.4, 0.5) is 4.79 Å². The number of nitrogens with zero attached hydrogens (tertiary/aromatic N) is 3. The van der Waals surface area contributed by atoms with Gasteiger partial charge in [-0.05, 0) is 60.5 Å². The molecule has 3 N–H and O–H groups in total. The molecule has 1 amide bonds. The van der Waals surface area contributed by atoms with Gasteiger partial charge in [0.2, 0.25) is 0 Å². The Morgan fingerprint density at radius 1 is 1.29 bits per heavy atom. The molecule has 1 aromatic rings. The van der Waals surface area contributed by atoms with Gasteiger partial charge in [0.25, 0.3) is 0 Å². The number of hydrogen-bond donors (Lipinski definition) is 3. The van der Waals surface area contributed by atoms with Crippen molar-refractivity contribution in [3.05, 3.63) is 17.0 Å². The Labute approximate surface area is 186 Å². The fraction of sp³-hybridized carbons (Fsp3) is 0.737. The molecule has 28 heavy (non-hydrogen) atoms. The summed E-state index contributed by atoms with van der Waals surface area (Å²) in [7, 11) is 1.97. The summed E-state index contributed by atoms with van der Waals surface area (Å²) in [5, 5.41) is 13.8. The Bertz CT molecular complexity index is 652. The van der Waals surface area contributed by atoms with Crippen molar-refractivity contribution in [1.29, 1.82) is 0 Å². The van der Waals surface area contributed by atoms with Crippen LogP contribution in [0.2, 0.25) is 0 Å². The van der Waals surface area contributed by atoms with Crippen LogP contribution in [-0.4, -0.2) is 53.1 Å². The van der Waals surface area contributed by atoms with E-state index in [0.29, 0.717) is 13.1 Å². The fourth-order valence-electron chi connectivity index (χ4n) is 2.66. The van der Waals surface area contributed by atoms with E-state index >= 15 is 0 Å². The first-order chi connectivity index (χ1) is 12.5. The molecule has 1 unspecified atom stereocenters. The first-order valence-electron chi connectivity index (χ1n) is 9.54. The average molecular weight is 508 g/mol. The van der Waals surface area contributed by atoms with E-state index in [1.165, 1.54) is 11.3 Å². The van der Waals surface area contributed by atoms with Gasteiger partial charge in [-0.15, -0.1) is 24.0 Å². The highest BCUT2D eigenvalue weighted by Crippen LogP contribution is 2.14. The molecule has 0 saturated heterocycles. The van der Waals surface area contributed by atoms with E-state index in [4.69, 9.17) is 4.74 Å². The minimum Gasteiger partial charge on any atom is -0.444 e. The minimum absolute atomic E-state index is 0. The van der Waals surface area contributed by atoms with Crippen molar-refractivity contribution in [2.45, 2.75) is 66.5 Å². The largest absolute Gasteiger partial charge is 0.444 e. The highest BCUT2D eigenvalue weighted by atomic mass is 127. The summed E-state index contributed by atoms with van der Waals surface area (Å²) < 4.78 is 7.13. The van der Waals surface area contributed by atoms with Gasteiger partial charge in [-0.25, -0.2) is 4.79 Å². The third-order valence-electron chi connectivity index (χ3n) is 3.95. The summed E-state index contributed by atoms with van der Waals surface area (Å²) in [5.41, 5.74) is 3.01. The molecule has 0 spiro atoms. The minimum atomic E-state index is -0.498. The van der Waals surface area contributed by atoms with Crippen LogP contribution in [0.25, 0.3) is 0 Å². The van der Waals surface area contributed by atoms with E-state index in [9.17, 15) is 4.79 Å². The maximum absolute atomic E-state index is 11.7. The summed E-state index contributed by atoms with van der Waals surface area (Å²) in [5.74, 6) is 0.732. The van der Waals surface area contributed by atoms with Crippen LogP contribution in [0, 0.1) is 13.8 Å². The predicted octanol–water partition coefficient (Wildman–Crippen LogP) is 2.67. The van der Waals surface area contributed by atoms with Crippen LogP contribution in [0.5, 0.6) is 0 Å². The van der Waals surface area contributed by atoms with Crippen LogP contribution in [0.1, 0.15) is 51.6 Å². The molecule has 9 heteroatoms. The number of aromatic nitrogens is 2. The summed E-state index contributed by atoms with van der Waals surface area (Å²) in [6.07, 6.45) is 0.443. The van der Waals surface area contributed by atoms with Gasteiger partial charge in [0.05, 0.1) is 12.2 Å². The summed E-state index contributed by atoms with van der Waals surface area (Å²) >= 11 is 0. The number of aryl methyl sites for hydroxylation is 2. The fourth-order valence-corrected chi connectivity index (χ4v) is 2.66. The van der Waals surface area contributed by atoms with Crippen LogP contribution < -0.4 is 16.0 Å². The lowest BCUT2D eigenvalue weighted by Gasteiger charge is -2.20. The van der Waals surface area contributed by atoms with Crippen molar-refractivity contribution in [3.8, 4) is 0 Å². The van der Waals surface area contributed by atoms with Gasteiger partial charge >= 0.3 is 6.09 Å². The molecule has 0 radical (unpaired) electrons. The summed E-state index contributed by atoms with van der Waals surface area (Å²) in [4.78, 5) is 16.2. The van der Waals surface area contributed by atoms with Crippen molar-refractivity contribution >= 4 is 36.0 Å². The topological polar surface area (TPSA) is 92.6 Å². The normalized spacial score (nSPS) is 12.8. The van der Waals surface area contributed by atoms with Crippen molar-refractivity contribution in [2.24, 2.45) is 12.0 Å². The van der Waals surface area contributed by atoms with Crippen molar-refractivity contribution < 1.29 is 9.53 Å². The van der Waals surface area contributed by atoms with E-state index < -0.39 is 11.7 Å². The molecule has 0 fully saturated rings. The first kappa shape index (κ1) is 26.5. The summed E-state index contributed by atoms with van der Waals surface area (Å²) in [6.45, 7) is 15.4. The Balaban J connectivity index is 0.00000729. The lowest BCUT2D eigenvalue weighted by Crippen LogP contribution is -2.43. The highest BCUT2D eigenvalue weighted by Gasteiger charge is 2.16. The highest BCUT2D eigenvalue weighted by molar-refractivity contribution is 14.0. The molecule has 0 bridgehead atoms. The zero-order valence-electron chi connectivity index (χ0n) is 18.5. The number of carbonyl (C=O) groups is 1. The number of aliphatic imine (C=N–C) groups is 1. The van der Waals surface area contributed by atoms with E-state index in [-0.39, 0.29) is 30.0 Å². The number of alkyl carbamates (subject to hydrolysis) is 1. The van der Waals surface area contributed by atoms with Gasteiger partial charge in [-0.2, -0.15) is 5.10 Å². The number of hydrogen-bond acceptors (Lipinski definition) is 4. The van der Waals surface area contributed by atoms with E-state index in [1.54, 1.807) is 0 Å². The molecular formula is C19H37IN6O2. The Kier molecular flexibility index (Phi) is 11.5. The maximum atomic E-state index is 11.7. The smallest absolute Gasteiger partial charge is 0.407 e. The standard InChI is InChI=1S/C19H36N6O2.HI/c1-9-20-17(21-10-11-22-18(26)27-19(5,6)7)23-13(2)12-16-14(3)24-25(8)15(16)4;/h13H,9-12H2,1-8H3,(H,22,26)(H2,20,21,23);1H. The molecule has 162 valence electrons. The lowest BCUT2D eigenvalue weighted by atomic mass is 10.1. The molecule has 1 atom stereocenters. The average Bonchev–Trinajstić information content (AvgIpc) is 2.76. The molecule has 0 aliphatic rings. The first-order valence-corrected chi connectivity index (χ1v) is 9.54. The Hall–Kier alpha value is -1.52. The number of guanidine groups is 1. The number of rotatable bonds is 7. The molecule has 1 rings (SSSR count). The molecule has 8 nitrogen and oxygen atoms in total. The van der Waals surface area contributed by atoms with Crippen molar-refractivity contribution in [1.82, 2.24) is 25.7 Å². The van der Waals surface area contributed by atoms with Gasteiger partial charge in [-0.3, -0.25) is 9.67 Å². The van der Waals surface area contributed by atoms with Gasteiger partial charge in [0.1, 0.15) is 5.60 Å². The molecule has 0 saturated carbocycles.